The first kappa shape index (κ1) is 22.8. The van der Waals surface area contributed by atoms with Crippen molar-refractivity contribution in [1.82, 2.24) is 20.8 Å². The predicted molar refractivity (Wildman–Crippen MR) is 122 cm³/mol. The second-order valence-corrected chi connectivity index (χ2v) is 7.54. The van der Waals surface area contributed by atoms with Gasteiger partial charge in [0.1, 0.15) is 5.69 Å². The molecule has 0 aliphatic rings. The molecule has 0 aliphatic carbocycles. The number of nitrogens with zero attached hydrogens (tertiary/aromatic N) is 3. The third-order valence-corrected chi connectivity index (χ3v) is 4.87. The maximum Gasteiger partial charge on any atom is 0.292 e. The molecule has 2 amide bonds. The van der Waals surface area contributed by atoms with Crippen LogP contribution in [0.3, 0.4) is 0 Å². The maximum atomic E-state index is 12.3. The molecule has 0 atom stereocenters. The fraction of sp³-hybridized carbons (Fsp3) is 0. The van der Waals surface area contributed by atoms with Gasteiger partial charge in [0.15, 0.2) is 5.69 Å². The Morgan fingerprint density at radius 2 is 1.35 bits per heavy atom. The summed E-state index contributed by atoms with van der Waals surface area (Å²) in [5.41, 5.74) is 5.38. The van der Waals surface area contributed by atoms with E-state index in [2.05, 4.69) is 31.0 Å². The highest BCUT2D eigenvalue weighted by molar-refractivity contribution is 6.36. The second-order valence-electron chi connectivity index (χ2n) is 5.86. The van der Waals surface area contributed by atoms with Gasteiger partial charge in [0.25, 0.3) is 11.8 Å². The van der Waals surface area contributed by atoms with E-state index in [1.807, 2.05) is 0 Å². The molecule has 1 aromatic heterocycles. The first-order valence-electron chi connectivity index (χ1n) is 8.45. The van der Waals surface area contributed by atoms with Crippen LogP contribution in [0.15, 0.2) is 52.9 Å². The highest BCUT2D eigenvalue weighted by atomic mass is 35.5. The molecule has 3 rings (SSSR count). The quantitative estimate of drug-likeness (QED) is 0.343. The summed E-state index contributed by atoms with van der Waals surface area (Å²) in [5, 5.41) is 9.31. The number of imidazole rings is 1. The lowest BCUT2D eigenvalue weighted by Gasteiger charge is -2.02. The van der Waals surface area contributed by atoms with Crippen molar-refractivity contribution in [2.75, 3.05) is 0 Å². The normalized spacial score (nSPS) is 11.2. The molecule has 0 fully saturated rings. The summed E-state index contributed by atoms with van der Waals surface area (Å²) < 4.78 is 0. The van der Waals surface area contributed by atoms with Crippen LogP contribution in [0.2, 0.25) is 20.1 Å². The predicted octanol–water partition coefficient (Wildman–Crippen LogP) is 4.55. The van der Waals surface area contributed by atoms with E-state index in [9.17, 15) is 9.59 Å². The number of carbonyl (C=O) groups is 2. The standard InChI is InChI=1S/C19H12Cl4N6O2/c20-12-3-1-10(14(22)5-12)7-26-28-18(30)16-17(25-9-24-16)19(31)29-27-8-11-2-4-13(21)6-15(11)23/h1-9H,(H,24,25)(H,28,30)(H,29,31). The fourth-order valence-corrected chi connectivity index (χ4v) is 3.20. The Morgan fingerprint density at radius 1 is 0.839 bits per heavy atom. The molecule has 0 saturated carbocycles. The van der Waals surface area contributed by atoms with Gasteiger partial charge < -0.3 is 4.98 Å². The van der Waals surface area contributed by atoms with Gasteiger partial charge in [0, 0.05) is 21.2 Å². The van der Waals surface area contributed by atoms with Crippen molar-refractivity contribution in [3.05, 3.63) is 85.3 Å². The number of aromatic amines is 1. The zero-order valence-corrected chi connectivity index (χ0v) is 18.4. The van der Waals surface area contributed by atoms with E-state index in [4.69, 9.17) is 46.4 Å². The highest BCUT2D eigenvalue weighted by Crippen LogP contribution is 2.20. The lowest BCUT2D eigenvalue weighted by atomic mass is 10.2. The minimum atomic E-state index is -0.711. The highest BCUT2D eigenvalue weighted by Gasteiger charge is 2.19. The van der Waals surface area contributed by atoms with Crippen LogP contribution in [0.4, 0.5) is 0 Å². The Morgan fingerprint density at radius 3 is 1.87 bits per heavy atom. The number of aromatic nitrogens is 2. The molecule has 2 aromatic carbocycles. The molecule has 3 aromatic rings. The van der Waals surface area contributed by atoms with Crippen LogP contribution in [0, 0.1) is 0 Å². The summed E-state index contributed by atoms with van der Waals surface area (Å²) in [7, 11) is 0. The lowest BCUT2D eigenvalue weighted by molar-refractivity contribution is 0.0915. The van der Waals surface area contributed by atoms with Gasteiger partial charge in [0.05, 0.1) is 28.8 Å². The third kappa shape index (κ3) is 6.05. The van der Waals surface area contributed by atoms with Gasteiger partial charge in [-0.1, -0.05) is 58.5 Å². The van der Waals surface area contributed by atoms with Crippen LogP contribution in [-0.4, -0.2) is 34.2 Å². The number of hydrazone groups is 2. The SMILES string of the molecule is O=C(NN=Cc1ccc(Cl)cc1Cl)c1nc[nH]c1C(=O)NN=Cc1ccc(Cl)cc1Cl. The van der Waals surface area contributed by atoms with Crippen molar-refractivity contribution in [3.63, 3.8) is 0 Å². The first-order valence-corrected chi connectivity index (χ1v) is 9.96. The zero-order chi connectivity index (χ0) is 22.4. The summed E-state index contributed by atoms with van der Waals surface area (Å²) in [6.45, 7) is 0. The van der Waals surface area contributed by atoms with Gasteiger partial charge in [-0.15, -0.1) is 0 Å². The molecule has 3 N–H and O–H groups in total. The minimum Gasteiger partial charge on any atom is -0.340 e. The molecule has 0 unspecified atom stereocenters. The number of benzene rings is 2. The molecule has 158 valence electrons. The van der Waals surface area contributed by atoms with E-state index in [0.29, 0.717) is 31.2 Å². The van der Waals surface area contributed by atoms with Crippen LogP contribution in [0.1, 0.15) is 32.1 Å². The smallest absolute Gasteiger partial charge is 0.292 e. The second kappa shape index (κ2) is 10.4. The monoisotopic (exact) mass is 496 g/mol. The van der Waals surface area contributed by atoms with E-state index in [1.54, 1.807) is 36.4 Å². The van der Waals surface area contributed by atoms with Gasteiger partial charge >= 0.3 is 0 Å². The summed E-state index contributed by atoms with van der Waals surface area (Å²) in [4.78, 5) is 31.1. The van der Waals surface area contributed by atoms with Crippen molar-refractivity contribution in [2.24, 2.45) is 10.2 Å². The largest absolute Gasteiger partial charge is 0.340 e. The molecule has 0 spiro atoms. The molecule has 0 saturated heterocycles. The molecule has 0 radical (unpaired) electrons. The van der Waals surface area contributed by atoms with Crippen molar-refractivity contribution >= 4 is 70.6 Å². The average Bonchev–Trinajstić information content (AvgIpc) is 3.21. The molecule has 0 bridgehead atoms. The molecule has 0 aliphatic heterocycles. The van der Waals surface area contributed by atoms with Crippen LogP contribution < -0.4 is 10.9 Å². The number of amides is 2. The van der Waals surface area contributed by atoms with Crippen molar-refractivity contribution in [3.8, 4) is 0 Å². The lowest BCUT2D eigenvalue weighted by Crippen LogP contribution is -2.25. The Balaban J connectivity index is 1.63. The van der Waals surface area contributed by atoms with Gasteiger partial charge in [0.2, 0.25) is 0 Å². The van der Waals surface area contributed by atoms with Gasteiger partial charge in [-0.05, 0) is 24.3 Å². The first-order chi connectivity index (χ1) is 14.8. The number of carbonyl (C=O) groups excluding carboxylic acids is 2. The molecule has 8 nitrogen and oxygen atoms in total. The number of halogens is 4. The van der Waals surface area contributed by atoms with Gasteiger partial charge in [-0.2, -0.15) is 10.2 Å². The van der Waals surface area contributed by atoms with E-state index >= 15 is 0 Å². The Hall–Kier alpha value is -2.91. The number of rotatable bonds is 6. The average molecular weight is 498 g/mol. The number of nitrogens with one attached hydrogen (secondary N) is 3. The van der Waals surface area contributed by atoms with Crippen LogP contribution in [-0.2, 0) is 0 Å². The Labute approximate surface area is 196 Å². The number of hydrogen-bond acceptors (Lipinski definition) is 5. The molecular formula is C19H12Cl4N6O2. The van der Waals surface area contributed by atoms with E-state index in [-0.39, 0.29) is 11.4 Å². The van der Waals surface area contributed by atoms with Crippen molar-refractivity contribution in [1.29, 1.82) is 0 Å². The molecule has 12 heteroatoms. The van der Waals surface area contributed by atoms with Crippen molar-refractivity contribution in [2.45, 2.75) is 0 Å². The van der Waals surface area contributed by atoms with E-state index in [1.165, 1.54) is 18.8 Å². The maximum absolute atomic E-state index is 12.3. The fourth-order valence-electron chi connectivity index (χ4n) is 2.28. The van der Waals surface area contributed by atoms with Crippen molar-refractivity contribution < 1.29 is 9.59 Å². The zero-order valence-electron chi connectivity index (χ0n) is 15.4. The Kier molecular flexibility index (Phi) is 7.64. The molecular weight excluding hydrogens is 486 g/mol. The number of hydrogen-bond donors (Lipinski definition) is 3. The van der Waals surface area contributed by atoms with Crippen LogP contribution in [0.25, 0.3) is 0 Å². The topological polar surface area (TPSA) is 112 Å². The van der Waals surface area contributed by atoms with E-state index in [0.717, 1.165) is 0 Å². The van der Waals surface area contributed by atoms with Gasteiger partial charge in [-0.3, -0.25) is 9.59 Å². The van der Waals surface area contributed by atoms with Crippen LogP contribution in [0.5, 0.6) is 0 Å². The summed E-state index contributed by atoms with van der Waals surface area (Å²) >= 11 is 23.7. The number of H-pyrrole nitrogens is 1. The summed E-state index contributed by atoms with van der Waals surface area (Å²) in [6, 6.07) is 9.62. The molecule has 1 heterocycles. The van der Waals surface area contributed by atoms with Gasteiger partial charge in [-0.25, -0.2) is 15.8 Å². The Bertz CT molecular complexity index is 1100. The van der Waals surface area contributed by atoms with Crippen LogP contribution >= 0.6 is 46.4 Å². The molecule has 31 heavy (non-hydrogen) atoms. The third-order valence-electron chi connectivity index (χ3n) is 3.75. The minimum absolute atomic E-state index is 0.100. The summed E-state index contributed by atoms with van der Waals surface area (Å²) in [5.74, 6) is -1.40. The van der Waals surface area contributed by atoms with E-state index < -0.39 is 11.8 Å². The summed E-state index contributed by atoms with van der Waals surface area (Å²) in [6.07, 6.45) is 3.87.